The molecule has 0 saturated carbocycles. The van der Waals surface area contributed by atoms with Crippen LogP contribution in [0, 0.1) is 0 Å². The Morgan fingerprint density at radius 3 is 2.78 bits per heavy atom. The third-order valence-electron chi connectivity index (χ3n) is 3.76. The summed E-state index contributed by atoms with van der Waals surface area (Å²) in [5.41, 5.74) is 2.01. The first-order chi connectivity index (χ1) is 11.0. The van der Waals surface area contributed by atoms with Crippen molar-refractivity contribution in [3.63, 3.8) is 0 Å². The van der Waals surface area contributed by atoms with E-state index in [-0.39, 0.29) is 10.6 Å². The van der Waals surface area contributed by atoms with E-state index >= 15 is 0 Å². The molecule has 0 fully saturated rings. The summed E-state index contributed by atoms with van der Waals surface area (Å²) >= 11 is 0. The second-order valence-corrected chi connectivity index (χ2v) is 6.97. The quantitative estimate of drug-likeness (QED) is 0.678. The molecular weight excluding hydrogens is 318 g/mol. The molecule has 1 aliphatic rings. The van der Waals surface area contributed by atoms with Gasteiger partial charge in [-0.25, -0.2) is 13.2 Å². The molecule has 23 heavy (non-hydrogen) atoms. The molecule has 3 aromatic rings. The molecule has 0 unspecified atom stereocenters. The second kappa shape index (κ2) is 4.88. The summed E-state index contributed by atoms with van der Waals surface area (Å²) in [6, 6.07) is 9.78. The lowest BCUT2D eigenvalue weighted by molar-refractivity contribution is 0.358. The van der Waals surface area contributed by atoms with Crippen molar-refractivity contribution >= 4 is 26.7 Å². The molecule has 7 nitrogen and oxygen atoms in total. The van der Waals surface area contributed by atoms with E-state index in [1.165, 1.54) is 12.1 Å². The number of hydrogen-bond acceptors (Lipinski definition) is 4. The van der Waals surface area contributed by atoms with Crippen LogP contribution >= 0.6 is 0 Å². The SMILES string of the molecule is O=c1[nH]c2ccc(S(=O)(=O)Nc3cccc4c3OCC4)cc2[nH]1. The number of fused-ring (bicyclic) bond motifs is 2. The summed E-state index contributed by atoms with van der Waals surface area (Å²) in [7, 11) is -3.78. The first-order valence-electron chi connectivity index (χ1n) is 7.02. The number of H-pyrrole nitrogens is 2. The van der Waals surface area contributed by atoms with Crippen LogP contribution in [0.15, 0.2) is 46.1 Å². The zero-order valence-corrected chi connectivity index (χ0v) is 12.7. The van der Waals surface area contributed by atoms with Gasteiger partial charge in [-0.1, -0.05) is 12.1 Å². The highest BCUT2D eigenvalue weighted by molar-refractivity contribution is 7.92. The minimum absolute atomic E-state index is 0.0656. The smallest absolute Gasteiger partial charge is 0.323 e. The minimum atomic E-state index is -3.78. The fourth-order valence-electron chi connectivity index (χ4n) is 2.68. The normalized spacial score (nSPS) is 13.7. The molecule has 2 aromatic carbocycles. The Bertz CT molecular complexity index is 1070. The number of para-hydroxylation sites is 1. The molecule has 1 aliphatic heterocycles. The van der Waals surface area contributed by atoms with Crippen LogP contribution < -0.4 is 15.1 Å². The Labute approximate surface area is 131 Å². The lowest BCUT2D eigenvalue weighted by Gasteiger charge is -2.11. The van der Waals surface area contributed by atoms with Gasteiger partial charge in [-0.15, -0.1) is 0 Å². The Morgan fingerprint density at radius 2 is 1.91 bits per heavy atom. The Balaban J connectivity index is 1.75. The van der Waals surface area contributed by atoms with Gasteiger partial charge in [-0.05, 0) is 29.8 Å². The number of aromatic amines is 2. The first-order valence-corrected chi connectivity index (χ1v) is 8.51. The maximum atomic E-state index is 12.6. The lowest BCUT2D eigenvalue weighted by Crippen LogP contribution is -2.13. The molecule has 0 amide bonds. The van der Waals surface area contributed by atoms with Gasteiger partial charge in [0.2, 0.25) is 0 Å². The number of sulfonamides is 1. The van der Waals surface area contributed by atoms with E-state index in [2.05, 4.69) is 14.7 Å². The van der Waals surface area contributed by atoms with Crippen LogP contribution in [0.1, 0.15) is 5.56 Å². The van der Waals surface area contributed by atoms with Crippen LogP contribution in [-0.2, 0) is 16.4 Å². The molecule has 0 aliphatic carbocycles. The van der Waals surface area contributed by atoms with Crippen LogP contribution in [0.2, 0.25) is 0 Å². The van der Waals surface area contributed by atoms with E-state index in [1.807, 2.05) is 6.07 Å². The highest BCUT2D eigenvalue weighted by Gasteiger charge is 2.21. The minimum Gasteiger partial charge on any atom is -0.491 e. The van der Waals surface area contributed by atoms with E-state index in [0.29, 0.717) is 29.1 Å². The molecule has 4 rings (SSSR count). The van der Waals surface area contributed by atoms with Gasteiger partial charge < -0.3 is 14.7 Å². The standard InChI is InChI=1S/C15H13N3O4S/c19-15-16-11-5-4-10(8-13(11)17-15)23(20,21)18-12-3-1-2-9-6-7-22-14(9)12/h1-5,8,18H,6-7H2,(H2,16,17,19). The fourth-order valence-corrected chi connectivity index (χ4v) is 3.77. The van der Waals surface area contributed by atoms with Crippen molar-refractivity contribution in [2.45, 2.75) is 11.3 Å². The summed E-state index contributed by atoms with van der Waals surface area (Å²) in [6.45, 7) is 0.546. The largest absolute Gasteiger partial charge is 0.491 e. The number of anilines is 1. The van der Waals surface area contributed by atoms with Crippen LogP contribution in [-0.4, -0.2) is 25.0 Å². The van der Waals surface area contributed by atoms with Crippen LogP contribution in [0.25, 0.3) is 11.0 Å². The maximum absolute atomic E-state index is 12.6. The van der Waals surface area contributed by atoms with E-state index in [1.54, 1.807) is 18.2 Å². The van der Waals surface area contributed by atoms with E-state index in [9.17, 15) is 13.2 Å². The molecule has 0 atom stereocenters. The van der Waals surface area contributed by atoms with Gasteiger partial charge in [0.25, 0.3) is 10.0 Å². The molecular formula is C15H13N3O4S. The van der Waals surface area contributed by atoms with Gasteiger partial charge in [-0.2, -0.15) is 0 Å². The zero-order chi connectivity index (χ0) is 16.0. The highest BCUT2D eigenvalue weighted by Crippen LogP contribution is 2.34. The number of hydrogen-bond donors (Lipinski definition) is 3. The highest BCUT2D eigenvalue weighted by atomic mass is 32.2. The van der Waals surface area contributed by atoms with Crippen molar-refractivity contribution in [1.82, 2.24) is 9.97 Å². The summed E-state index contributed by atoms with van der Waals surface area (Å²) in [5.74, 6) is 0.576. The third kappa shape index (κ3) is 2.36. The summed E-state index contributed by atoms with van der Waals surface area (Å²) in [5, 5.41) is 0. The molecule has 0 radical (unpaired) electrons. The van der Waals surface area contributed by atoms with Crippen molar-refractivity contribution < 1.29 is 13.2 Å². The predicted octanol–water partition coefficient (Wildman–Crippen LogP) is 1.59. The summed E-state index contributed by atoms with van der Waals surface area (Å²) < 4.78 is 33.2. The predicted molar refractivity (Wildman–Crippen MR) is 85.4 cm³/mol. The van der Waals surface area contributed by atoms with Crippen molar-refractivity contribution in [2.75, 3.05) is 11.3 Å². The number of nitrogens with one attached hydrogen (secondary N) is 3. The van der Waals surface area contributed by atoms with Gasteiger partial charge in [0, 0.05) is 6.42 Å². The van der Waals surface area contributed by atoms with Gasteiger partial charge in [0.15, 0.2) is 0 Å². The number of imidazole rings is 1. The van der Waals surface area contributed by atoms with E-state index in [0.717, 1.165) is 12.0 Å². The number of rotatable bonds is 3. The molecule has 8 heteroatoms. The van der Waals surface area contributed by atoms with Crippen LogP contribution in [0.3, 0.4) is 0 Å². The van der Waals surface area contributed by atoms with Gasteiger partial charge in [0.1, 0.15) is 5.75 Å². The molecule has 0 saturated heterocycles. The number of benzene rings is 2. The van der Waals surface area contributed by atoms with Crippen molar-refractivity contribution in [3.05, 3.63) is 52.4 Å². The monoisotopic (exact) mass is 331 g/mol. The van der Waals surface area contributed by atoms with Gasteiger partial charge in [0.05, 0.1) is 28.2 Å². The van der Waals surface area contributed by atoms with Crippen molar-refractivity contribution in [3.8, 4) is 5.75 Å². The Hall–Kier alpha value is -2.74. The second-order valence-electron chi connectivity index (χ2n) is 5.28. The van der Waals surface area contributed by atoms with Gasteiger partial charge in [-0.3, -0.25) is 4.72 Å². The maximum Gasteiger partial charge on any atom is 0.323 e. The van der Waals surface area contributed by atoms with E-state index < -0.39 is 10.0 Å². The molecule has 3 N–H and O–H groups in total. The lowest BCUT2D eigenvalue weighted by atomic mass is 10.1. The summed E-state index contributed by atoms with van der Waals surface area (Å²) in [6.07, 6.45) is 0.765. The van der Waals surface area contributed by atoms with Crippen LogP contribution in [0.5, 0.6) is 5.75 Å². The first kappa shape index (κ1) is 13.9. The zero-order valence-electron chi connectivity index (χ0n) is 11.9. The van der Waals surface area contributed by atoms with Crippen LogP contribution in [0.4, 0.5) is 5.69 Å². The Morgan fingerprint density at radius 1 is 1.09 bits per heavy atom. The molecule has 1 aromatic heterocycles. The molecule has 2 heterocycles. The molecule has 0 bridgehead atoms. The average Bonchev–Trinajstić information content (AvgIpc) is 3.11. The topological polar surface area (TPSA) is 104 Å². The number of ether oxygens (including phenoxy) is 1. The average molecular weight is 331 g/mol. The van der Waals surface area contributed by atoms with Crippen molar-refractivity contribution in [1.29, 1.82) is 0 Å². The third-order valence-corrected chi connectivity index (χ3v) is 5.12. The molecule has 0 spiro atoms. The van der Waals surface area contributed by atoms with Gasteiger partial charge >= 0.3 is 5.69 Å². The summed E-state index contributed by atoms with van der Waals surface area (Å²) in [4.78, 5) is 16.5. The Kier molecular flexibility index (Phi) is 2.95. The van der Waals surface area contributed by atoms with E-state index in [4.69, 9.17) is 4.74 Å². The molecule has 118 valence electrons. The fraction of sp³-hybridized carbons (Fsp3) is 0.133. The number of aromatic nitrogens is 2. The van der Waals surface area contributed by atoms with Crippen molar-refractivity contribution in [2.24, 2.45) is 0 Å².